The predicted molar refractivity (Wildman–Crippen MR) is 87.3 cm³/mol. The second-order valence-electron chi connectivity index (χ2n) is 5.26. The number of hydrogen-bond acceptors (Lipinski definition) is 5. The van der Waals surface area contributed by atoms with Crippen molar-refractivity contribution in [3.05, 3.63) is 36.2 Å². The molecule has 1 aromatic heterocycles. The van der Waals surface area contributed by atoms with Crippen molar-refractivity contribution in [1.29, 1.82) is 0 Å². The second kappa shape index (κ2) is 8.21. The lowest BCUT2D eigenvalue weighted by Gasteiger charge is -2.13. The average molecular weight is 332 g/mol. The number of hydrogen-bond donors (Lipinski definition) is 2. The van der Waals surface area contributed by atoms with Crippen molar-refractivity contribution in [2.45, 2.75) is 32.8 Å². The molecule has 1 amide bonds. The van der Waals surface area contributed by atoms with Crippen LogP contribution in [0.5, 0.6) is 0 Å². The van der Waals surface area contributed by atoms with Crippen LogP contribution in [0.1, 0.15) is 37.2 Å². The van der Waals surface area contributed by atoms with Gasteiger partial charge < -0.3 is 15.2 Å². The minimum atomic E-state index is -1.15. The molecule has 0 saturated carbocycles. The van der Waals surface area contributed by atoms with E-state index in [1.165, 1.54) is 10.9 Å². The minimum absolute atomic E-state index is 0.151. The summed E-state index contributed by atoms with van der Waals surface area (Å²) in [6.45, 7) is 4.30. The highest BCUT2D eigenvalue weighted by Gasteiger charge is 2.14. The summed E-state index contributed by atoms with van der Waals surface area (Å²) in [6, 6.07) is 6.87. The molecular weight excluding hydrogens is 312 g/mol. The van der Waals surface area contributed by atoms with Crippen molar-refractivity contribution in [2.24, 2.45) is 0 Å². The Morgan fingerprint density at radius 3 is 2.88 bits per heavy atom. The number of ether oxygens (including phenoxy) is 1. The summed E-state index contributed by atoms with van der Waals surface area (Å²) in [4.78, 5) is 23.0. The number of carboxylic acid groups (broad SMARTS) is 1. The lowest BCUT2D eigenvalue weighted by Crippen LogP contribution is -2.28. The third-order valence-electron chi connectivity index (χ3n) is 3.33. The van der Waals surface area contributed by atoms with Crippen LogP contribution < -0.4 is 5.32 Å². The number of carboxylic acids is 1. The van der Waals surface area contributed by atoms with E-state index in [0.717, 1.165) is 12.8 Å². The van der Waals surface area contributed by atoms with E-state index in [1.54, 1.807) is 31.2 Å². The molecule has 2 N–H and O–H groups in total. The minimum Gasteiger partial charge on any atom is -0.476 e. The molecule has 2 aromatic rings. The molecule has 1 atom stereocenters. The van der Waals surface area contributed by atoms with Crippen LogP contribution in [0.2, 0.25) is 0 Å². The quantitative estimate of drug-likeness (QED) is 0.717. The number of rotatable bonds is 8. The second-order valence-corrected chi connectivity index (χ2v) is 5.26. The predicted octanol–water partition coefficient (Wildman–Crippen LogP) is 2.11. The van der Waals surface area contributed by atoms with E-state index >= 15 is 0 Å². The summed E-state index contributed by atoms with van der Waals surface area (Å²) in [5.74, 6) is -1.39. The molecule has 0 aliphatic rings. The fourth-order valence-electron chi connectivity index (χ4n) is 1.94. The monoisotopic (exact) mass is 332 g/mol. The van der Waals surface area contributed by atoms with E-state index < -0.39 is 12.1 Å². The number of aromatic carboxylic acids is 1. The molecule has 0 bridgehead atoms. The Balaban J connectivity index is 2.04. The number of nitrogens with zero attached hydrogens (tertiary/aromatic N) is 3. The standard InChI is InChI=1S/C16H20N4O4/c1-3-4-8-24-11(2)15(21)17-12-6-5-7-13(9-12)20-10-14(16(22)23)18-19-20/h5-7,9-11H,3-4,8H2,1-2H3,(H,17,21)(H,22,23). The molecule has 24 heavy (non-hydrogen) atoms. The maximum Gasteiger partial charge on any atom is 0.358 e. The third-order valence-corrected chi connectivity index (χ3v) is 3.33. The van der Waals surface area contributed by atoms with Crippen LogP contribution in [0.3, 0.4) is 0 Å². The smallest absolute Gasteiger partial charge is 0.358 e. The number of benzene rings is 1. The number of carbonyl (C=O) groups excluding carboxylic acids is 1. The molecule has 8 heteroatoms. The molecule has 2 rings (SSSR count). The Bertz CT molecular complexity index is 714. The van der Waals surface area contributed by atoms with Gasteiger partial charge in [0.2, 0.25) is 0 Å². The first kappa shape index (κ1) is 17.6. The number of unbranched alkanes of at least 4 members (excludes halogenated alkanes) is 1. The van der Waals surface area contributed by atoms with Crippen LogP contribution in [0.25, 0.3) is 5.69 Å². The summed E-state index contributed by atoms with van der Waals surface area (Å²) in [5, 5.41) is 19.0. The molecule has 8 nitrogen and oxygen atoms in total. The number of amides is 1. The lowest BCUT2D eigenvalue weighted by molar-refractivity contribution is -0.126. The largest absolute Gasteiger partial charge is 0.476 e. The molecule has 0 radical (unpaired) electrons. The molecule has 0 aliphatic heterocycles. The molecule has 1 heterocycles. The van der Waals surface area contributed by atoms with E-state index in [1.807, 2.05) is 0 Å². The number of aromatic nitrogens is 3. The first-order chi connectivity index (χ1) is 11.5. The van der Waals surface area contributed by atoms with Gasteiger partial charge in [0.15, 0.2) is 5.69 Å². The Morgan fingerprint density at radius 1 is 1.42 bits per heavy atom. The highest BCUT2D eigenvalue weighted by Crippen LogP contribution is 2.15. The van der Waals surface area contributed by atoms with Gasteiger partial charge >= 0.3 is 5.97 Å². The summed E-state index contributed by atoms with van der Waals surface area (Å²) < 4.78 is 6.79. The van der Waals surface area contributed by atoms with Crippen molar-refractivity contribution in [2.75, 3.05) is 11.9 Å². The fourth-order valence-corrected chi connectivity index (χ4v) is 1.94. The molecule has 0 spiro atoms. The molecule has 0 aliphatic carbocycles. The maximum atomic E-state index is 12.1. The Morgan fingerprint density at radius 2 is 2.21 bits per heavy atom. The van der Waals surface area contributed by atoms with Crippen molar-refractivity contribution in [3.8, 4) is 5.69 Å². The zero-order valence-corrected chi connectivity index (χ0v) is 13.6. The van der Waals surface area contributed by atoms with Gasteiger partial charge in [-0.15, -0.1) is 5.10 Å². The Hall–Kier alpha value is -2.74. The van der Waals surface area contributed by atoms with E-state index in [-0.39, 0.29) is 11.6 Å². The van der Waals surface area contributed by atoms with Crippen LogP contribution in [0, 0.1) is 0 Å². The topological polar surface area (TPSA) is 106 Å². The van der Waals surface area contributed by atoms with Gasteiger partial charge in [-0.2, -0.15) is 0 Å². The summed E-state index contributed by atoms with van der Waals surface area (Å²) in [5.41, 5.74) is 1.01. The van der Waals surface area contributed by atoms with Crippen molar-refractivity contribution >= 4 is 17.6 Å². The number of nitrogens with one attached hydrogen (secondary N) is 1. The van der Waals surface area contributed by atoms with Crippen molar-refractivity contribution < 1.29 is 19.4 Å². The molecule has 128 valence electrons. The van der Waals surface area contributed by atoms with Gasteiger partial charge in [-0.1, -0.05) is 24.6 Å². The summed E-state index contributed by atoms with van der Waals surface area (Å²) in [6.07, 6.45) is 2.67. The van der Waals surface area contributed by atoms with Crippen LogP contribution in [-0.2, 0) is 9.53 Å². The number of anilines is 1. The Kier molecular flexibility index (Phi) is 6.02. The Labute approximate surface area is 139 Å². The van der Waals surface area contributed by atoms with E-state index in [0.29, 0.717) is 18.0 Å². The first-order valence-electron chi connectivity index (χ1n) is 7.69. The third kappa shape index (κ3) is 4.63. The van der Waals surface area contributed by atoms with E-state index in [2.05, 4.69) is 22.6 Å². The van der Waals surface area contributed by atoms with Gasteiger partial charge in [-0.05, 0) is 31.5 Å². The molecular formula is C16H20N4O4. The fraction of sp³-hybridized carbons (Fsp3) is 0.375. The van der Waals surface area contributed by atoms with E-state index in [4.69, 9.17) is 9.84 Å². The van der Waals surface area contributed by atoms with Crippen molar-refractivity contribution in [3.63, 3.8) is 0 Å². The van der Waals surface area contributed by atoms with Gasteiger partial charge in [0.1, 0.15) is 6.10 Å². The van der Waals surface area contributed by atoms with Gasteiger partial charge in [0.05, 0.1) is 11.9 Å². The zero-order chi connectivity index (χ0) is 17.5. The number of carbonyl (C=O) groups is 2. The highest BCUT2D eigenvalue weighted by atomic mass is 16.5. The summed E-state index contributed by atoms with van der Waals surface area (Å²) >= 11 is 0. The van der Waals surface area contributed by atoms with Crippen molar-refractivity contribution in [1.82, 2.24) is 15.0 Å². The highest BCUT2D eigenvalue weighted by molar-refractivity contribution is 5.94. The van der Waals surface area contributed by atoms with Crippen LogP contribution >= 0.6 is 0 Å². The molecule has 0 saturated heterocycles. The van der Waals surface area contributed by atoms with Crippen LogP contribution in [0.15, 0.2) is 30.5 Å². The van der Waals surface area contributed by atoms with Gasteiger partial charge in [0, 0.05) is 12.3 Å². The van der Waals surface area contributed by atoms with E-state index in [9.17, 15) is 9.59 Å². The molecule has 0 fully saturated rings. The van der Waals surface area contributed by atoms with Gasteiger partial charge in [-0.3, -0.25) is 4.79 Å². The normalized spacial score (nSPS) is 11.9. The molecule has 1 unspecified atom stereocenters. The van der Waals surface area contributed by atoms with Crippen LogP contribution in [-0.4, -0.2) is 44.7 Å². The first-order valence-corrected chi connectivity index (χ1v) is 7.69. The van der Waals surface area contributed by atoms with Gasteiger partial charge in [-0.25, -0.2) is 9.48 Å². The molecule has 1 aromatic carbocycles. The SMILES string of the molecule is CCCCOC(C)C(=O)Nc1cccc(-n2cc(C(=O)O)nn2)c1. The van der Waals surface area contributed by atoms with Gasteiger partial charge in [0.25, 0.3) is 5.91 Å². The summed E-state index contributed by atoms with van der Waals surface area (Å²) in [7, 11) is 0. The average Bonchev–Trinajstić information content (AvgIpc) is 3.05. The van der Waals surface area contributed by atoms with Crippen LogP contribution in [0.4, 0.5) is 5.69 Å². The zero-order valence-electron chi connectivity index (χ0n) is 13.6. The lowest BCUT2D eigenvalue weighted by atomic mass is 10.2. The maximum absolute atomic E-state index is 12.1.